The second-order valence-electron chi connectivity index (χ2n) is 4.47. The van der Waals surface area contributed by atoms with E-state index in [-0.39, 0.29) is 23.7 Å². The summed E-state index contributed by atoms with van der Waals surface area (Å²) >= 11 is 0. The zero-order valence-electron chi connectivity index (χ0n) is 10.8. The number of nitro benzene ring substituents is 1. The van der Waals surface area contributed by atoms with Gasteiger partial charge in [0.1, 0.15) is 11.3 Å². The highest BCUT2D eigenvalue weighted by molar-refractivity contribution is 5.96. The van der Waals surface area contributed by atoms with Crippen LogP contribution in [-0.4, -0.2) is 53.5 Å². The van der Waals surface area contributed by atoms with Crippen molar-refractivity contribution in [3.8, 4) is 0 Å². The summed E-state index contributed by atoms with van der Waals surface area (Å²) in [7, 11) is 1.65. The number of carbonyl (C=O) groups is 2. The maximum Gasteiger partial charge on any atom is 0.342 e. The van der Waals surface area contributed by atoms with Crippen LogP contribution in [0, 0.1) is 10.1 Å². The quantitative estimate of drug-likeness (QED) is 0.640. The number of rotatable bonds is 3. The van der Waals surface area contributed by atoms with E-state index in [9.17, 15) is 19.7 Å². The van der Waals surface area contributed by atoms with E-state index in [2.05, 4.69) is 0 Å². The molecule has 0 aliphatic carbocycles. The Bertz CT molecular complexity index is 586. The first-order valence-corrected chi connectivity index (χ1v) is 5.91. The summed E-state index contributed by atoms with van der Waals surface area (Å²) in [6.45, 7) is 0.861. The Morgan fingerprint density at radius 1 is 1.40 bits per heavy atom. The summed E-state index contributed by atoms with van der Waals surface area (Å²) in [6, 6.07) is 4.08. The Balaban J connectivity index is 2.46. The molecule has 0 unspecified atom stereocenters. The molecule has 8 nitrogen and oxygen atoms in total. The number of carboxylic acid groups (broad SMARTS) is 1. The lowest BCUT2D eigenvalue weighted by atomic mass is 10.1. The van der Waals surface area contributed by atoms with Gasteiger partial charge in [0.25, 0.3) is 0 Å². The third-order valence-corrected chi connectivity index (χ3v) is 3.23. The van der Waals surface area contributed by atoms with Crippen LogP contribution in [0.25, 0.3) is 0 Å². The minimum atomic E-state index is -1.36. The van der Waals surface area contributed by atoms with Crippen LogP contribution in [0.3, 0.4) is 0 Å². The van der Waals surface area contributed by atoms with Crippen molar-refractivity contribution < 1.29 is 19.6 Å². The third kappa shape index (κ3) is 2.40. The predicted octanol–water partition coefficient (Wildman–Crippen LogP) is 0.571. The zero-order chi connectivity index (χ0) is 14.9. The molecule has 1 aromatic rings. The van der Waals surface area contributed by atoms with Crippen LogP contribution in [0.15, 0.2) is 18.2 Å². The Morgan fingerprint density at radius 2 is 2.10 bits per heavy atom. The first-order valence-electron chi connectivity index (χ1n) is 5.91. The monoisotopic (exact) mass is 279 g/mol. The topological polar surface area (TPSA) is 104 Å². The summed E-state index contributed by atoms with van der Waals surface area (Å²) in [5.74, 6) is -1.52. The molecule has 1 saturated heterocycles. The van der Waals surface area contributed by atoms with Crippen molar-refractivity contribution in [2.45, 2.75) is 0 Å². The number of benzene rings is 1. The maximum atomic E-state index is 11.7. The Morgan fingerprint density at radius 3 is 2.65 bits per heavy atom. The smallest absolute Gasteiger partial charge is 0.342 e. The van der Waals surface area contributed by atoms with E-state index in [1.807, 2.05) is 0 Å². The first kappa shape index (κ1) is 13.8. The van der Waals surface area contributed by atoms with Gasteiger partial charge in [0.2, 0.25) is 5.91 Å². The molecule has 0 atom stereocenters. The Kier molecular flexibility index (Phi) is 3.55. The van der Waals surface area contributed by atoms with E-state index < -0.39 is 16.6 Å². The summed E-state index contributed by atoms with van der Waals surface area (Å²) in [6.07, 6.45) is 0. The molecule has 0 aromatic heterocycles. The molecule has 1 aliphatic rings. The number of piperazine rings is 1. The SMILES string of the molecule is CN1CCN(c2cccc(C(=O)O)c2[N+](=O)[O-])CC1=O. The van der Waals surface area contributed by atoms with Crippen molar-refractivity contribution in [2.24, 2.45) is 0 Å². The molecule has 106 valence electrons. The van der Waals surface area contributed by atoms with Gasteiger partial charge >= 0.3 is 11.7 Å². The molecule has 2 rings (SSSR count). The number of likely N-dealkylation sites (N-methyl/N-ethyl adjacent to an activating group) is 1. The molecule has 0 bridgehead atoms. The molecule has 1 N–H and O–H groups in total. The van der Waals surface area contributed by atoms with Crippen molar-refractivity contribution in [3.05, 3.63) is 33.9 Å². The van der Waals surface area contributed by atoms with Crippen LogP contribution in [0.5, 0.6) is 0 Å². The van der Waals surface area contributed by atoms with Crippen molar-refractivity contribution in [3.63, 3.8) is 0 Å². The molecular formula is C12H13N3O5. The second-order valence-corrected chi connectivity index (χ2v) is 4.47. The summed E-state index contributed by atoms with van der Waals surface area (Å²) in [5, 5.41) is 20.2. The van der Waals surface area contributed by atoms with E-state index in [4.69, 9.17) is 5.11 Å². The highest BCUT2D eigenvalue weighted by Crippen LogP contribution is 2.32. The lowest BCUT2D eigenvalue weighted by Crippen LogP contribution is -2.48. The lowest BCUT2D eigenvalue weighted by molar-refractivity contribution is -0.384. The van der Waals surface area contributed by atoms with Gasteiger partial charge in [-0.3, -0.25) is 14.9 Å². The summed E-state index contributed by atoms with van der Waals surface area (Å²) in [4.78, 5) is 36.3. The van der Waals surface area contributed by atoms with E-state index in [1.54, 1.807) is 7.05 Å². The van der Waals surface area contributed by atoms with Gasteiger partial charge < -0.3 is 14.9 Å². The fourth-order valence-electron chi connectivity index (χ4n) is 2.12. The number of amides is 1. The average molecular weight is 279 g/mol. The molecule has 0 radical (unpaired) electrons. The number of para-hydroxylation sites is 1. The van der Waals surface area contributed by atoms with Crippen LogP contribution in [0.1, 0.15) is 10.4 Å². The van der Waals surface area contributed by atoms with Gasteiger partial charge in [0, 0.05) is 20.1 Å². The van der Waals surface area contributed by atoms with Crippen molar-refractivity contribution >= 4 is 23.3 Å². The van der Waals surface area contributed by atoms with Gasteiger partial charge in [0.05, 0.1) is 11.5 Å². The Labute approximate surface area is 114 Å². The number of nitrogens with zero attached hydrogens (tertiary/aromatic N) is 3. The minimum Gasteiger partial charge on any atom is -0.477 e. The summed E-state index contributed by atoms with van der Waals surface area (Å²) in [5.41, 5.74) is -0.687. The minimum absolute atomic E-state index is 0.000409. The van der Waals surface area contributed by atoms with Crippen LogP contribution >= 0.6 is 0 Å². The van der Waals surface area contributed by atoms with Crippen LogP contribution in [0.4, 0.5) is 11.4 Å². The molecule has 1 heterocycles. The average Bonchev–Trinajstić information content (AvgIpc) is 2.40. The number of nitro groups is 1. The number of carbonyl (C=O) groups excluding carboxylic acids is 1. The highest BCUT2D eigenvalue weighted by atomic mass is 16.6. The highest BCUT2D eigenvalue weighted by Gasteiger charge is 2.30. The van der Waals surface area contributed by atoms with E-state index in [0.29, 0.717) is 13.1 Å². The molecule has 20 heavy (non-hydrogen) atoms. The van der Waals surface area contributed by atoms with Gasteiger partial charge in [-0.05, 0) is 12.1 Å². The van der Waals surface area contributed by atoms with Gasteiger partial charge in [-0.15, -0.1) is 0 Å². The van der Waals surface area contributed by atoms with Crippen molar-refractivity contribution in [2.75, 3.05) is 31.6 Å². The van der Waals surface area contributed by atoms with Crippen molar-refractivity contribution in [1.29, 1.82) is 0 Å². The first-order chi connectivity index (χ1) is 9.41. The predicted molar refractivity (Wildman–Crippen MR) is 69.9 cm³/mol. The fraction of sp³-hybridized carbons (Fsp3) is 0.333. The summed E-state index contributed by atoms with van der Waals surface area (Å²) < 4.78 is 0. The zero-order valence-corrected chi connectivity index (χ0v) is 10.8. The number of aromatic carboxylic acids is 1. The van der Waals surface area contributed by atoms with E-state index in [1.165, 1.54) is 28.0 Å². The normalized spacial score (nSPS) is 15.3. The molecule has 1 fully saturated rings. The van der Waals surface area contributed by atoms with Crippen LogP contribution < -0.4 is 4.90 Å². The number of carboxylic acids is 1. The van der Waals surface area contributed by atoms with Crippen LogP contribution in [0.2, 0.25) is 0 Å². The standard InChI is InChI=1S/C12H13N3O5/c1-13-5-6-14(7-10(13)16)9-4-2-3-8(12(17)18)11(9)15(19)20/h2-4H,5-7H2,1H3,(H,17,18). The van der Waals surface area contributed by atoms with E-state index in [0.717, 1.165) is 0 Å². The number of anilines is 1. The van der Waals surface area contributed by atoms with Gasteiger partial charge in [-0.25, -0.2) is 4.79 Å². The maximum absolute atomic E-state index is 11.7. The van der Waals surface area contributed by atoms with Gasteiger partial charge in [0.15, 0.2) is 0 Å². The van der Waals surface area contributed by atoms with Gasteiger partial charge in [-0.1, -0.05) is 6.07 Å². The van der Waals surface area contributed by atoms with Crippen LogP contribution in [-0.2, 0) is 4.79 Å². The van der Waals surface area contributed by atoms with E-state index >= 15 is 0 Å². The number of hydrogen-bond acceptors (Lipinski definition) is 5. The molecule has 1 aromatic carbocycles. The molecule has 1 amide bonds. The number of hydrogen-bond donors (Lipinski definition) is 1. The fourth-order valence-corrected chi connectivity index (χ4v) is 2.12. The molecule has 0 spiro atoms. The molecule has 8 heteroatoms. The molecular weight excluding hydrogens is 266 g/mol. The second kappa shape index (κ2) is 5.16. The Hall–Kier alpha value is -2.64. The third-order valence-electron chi connectivity index (χ3n) is 3.23. The molecule has 1 aliphatic heterocycles. The van der Waals surface area contributed by atoms with Crippen molar-refractivity contribution in [1.82, 2.24) is 4.90 Å². The molecule has 0 saturated carbocycles. The largest absolute Gasteiger partial charge is 0.477 e. The van der Waals surface area contributed by atoms with Gasteiger partial charge in [-0.2, -0.15) is 0 Å². The lowest BCUT2D eigenvalue weighted by Gasteiger charge is -2.33.